The van der Waals surface area contributed by atoms with Gasteiger partial charge < -0.3 is 5.73 Å². The predicted molar refractivity (Wildman–Crippen MR) is 65.5 cm³/mol. The molecule has 1 aromatic carbocycles. The zero-order valence-corrected chi connectivity index (χ0v) is 10.2. The van der Waals surface area contributed by atoms with Crippen molar-refractivity contribution in [1.29, 1.82) is 0 Å². The molecule has 0 fully saturated rings. The molecule has 0 aliphatic carbocycles. The average Bonchev–Trinajstić information content (AvgIpc) is 2.18. The highest BCUT2D eigenvalue weighted by Gasteiger charge is 2.12. The van der Waals surface area contributed by atoms with E-state index in [1.807, 2.05) is 0 Å². The number of hydrogen-bond acceptors (Lipinski definition) is 5. The molecule has 0 aliphatic heterocycles. The van der Waals surface area contributed by atoms with Crippen LogP contribution in [0.5, 0.6) is 0 Å². The van der Waals surface area contributed by atoms with Crippen molar-refractivity contribution in [1.82, 2.24) is 0 Å². The van der Waals surface area contributed by atoms with Crippen LogP contribution in [-0.4, -0.2) is 25.3 Å². The van der Waals surface area contributed by atoms with E-state index < -0.39 is 14.8 Å². The highest BCUT2D eigenvalue weighted by atomic mass is 32.2. The molecule has 7 heteroatoms. The SMILES string of the molecule is CS(=O)(=O)CCCc1ccc(N)c([N+](=O)[O-])c1. The minimum Gasteiger partial charge on any atom is -0.393 e. The van der Waals surface area contributed by atoms with Crippen LogP contribution in [0.4, 0.5) is 11.4 Å². The minimum atomic E-state index is -2.99. The third-order valence-electron chi connectivity index (χ3n) is 2.27. The fraction of sp³-hybridized carbons (Fsp3) is 0.400. The summed E-state index contributed by atoms with van der Waals surface area (Å²) in [4.78, 5) is 10.1. The molecule has 94 valence electrons. The molecule has 0 atom stereocenters. The van der Waals surface area contributed by atoms with E-state index in [4.69, 9.17) is 5.73 Å². The zero-order chi connectivity index (χ0) is 13.1. The van der Waals surface area contributed by atoms with Crippen LogP contribution in [0, 0.1) is 10.1 Å². The molecule has 0 saturated heterocycles. The Hall–Kier alpha value is -1.63. The third-order valence-corrected chi connectivity index (χ3v) is 3.30. The van der Waals surface area contributed by atoms with Crippen LogP contribution in [0.3, 0.4) is 0 Å². The lowest BCUT2D eigenvalue weighted by molar-refractivity contribution is -0.384. The molecule has 6 nitrogen and oxygen atoms in total. The summed E-state index contributed by atoms with van der Waals surface area (Å²) in [6.07, 6.45) is 2.09. The van der Waals surface area contributed by atoms with Gasteiger partial charge in [0.25, 0.3) is 5.69 Å². The van der Waals surface area contributed by atoms with E-state index in [0.717, 1.165) is 5.56 Å². The van der Waals surface area contributed by atoms with Crippen molar-refractivity contribution in [3.8, 4) is 0 Å². The molecule has 0 bridgehead atoms. The van der Waals surface area contributed by atoms with Crippen LogP contribution in [-0.2, 0) is 16.3 Å². The van der Waals surface area contributed by atoms with Gasteiger partial charge in [0.15, 0.2) is 0 Å². The molecule has 17 heavy (non-hydrogen) atoms. The van der Waals surface area contributed by atoms with Crippen molar-refractivity contribution >= 4 is 21.2 Å². The third kappa shape index (κ3) is 4.39. The van der Waals surface area contributed by atoms with Crippen molar-refractivity contribution in [2.75, 3.05) is 17.7 Å². The lowest BCUT2D eigenvalue weighted by Gasteiger charge is -2.02. The van der Waals surface area contributed by atoms with Gasteiger partial charge in [-0.15, -0.1) is 0 Å². The van der Waals surface area contributed by atoms with Crippen LogP contribution < -0.4 is 5.73 Å². The Balaban J connectivity index is 2.73. The fourth-order valence-corrected chi connectivity index (χ4v) is 2.11. The first-order chi connectivity index (χ1) is 7.79. The number of nitrogens with two attached hydrogens (primary N) is 1. The number of nitro benzene ring substituents is 1. The normalized spacial score (nSPS) is 11.4. The van der Waals surface area contributed by atoms with Gasteiger partial charge in [0.1, 0.15) is 15.5 Å². The van der Waals surface area contributed by atoms with Gasteiger partial charge in [-0.3, -0.25) is 10.1 Å². The maximum absolute atomic E-state index is 10.9. The molecule has 1 rings (SSSR count). The average molecular weight is 258 g/mol. The van der Waals surface area contributed by atoms with Crippen molar-refractivity contribution < 1.29 is 13.3 Å². The summed E-state index contributed by atoms with van der Waals surface area (Å²) in [6.45, 7) is 0. The minimum absolute atomic E-state index is 0.0746. The van der Waals surface area contributed by atoms with Gasteiger partial charge in [0.2, 0.25) is 0 Å². The monoisotopic (exact) mass is 258 g/mol. The van der Waals surface area contributed by atoms with Crippen LogP contribution in [0.2, 0.25) is 0 Å². The largest absolute Gasteiger partial charge is 0.393 e. The fourth-order valence-electron chi connectivity index (χ4n) is 1.44. The maximum atomic E-state index is 10.9. The number of nitro groups is 1. The highest BCUT2D eigenvalue weighted by Crippen LogP contribution is 2.22. The molecule has 1 aromatic rings. The summed E-state index contributed by atoms with van der Waals surface area (Å²) in [5.41, 5.74) is 6.14. The Morgan fingerprint density at radius 1 is 1.41 bits per heavy atom. The van der Waals surface area contributed by atoms with E-state index in [9.17, 15) is 18.5 Å². The van der Waals surface area contributed by atoms with E-state index in [2.05, 4.69) is 0 Å². The van der Waals surface area contributed by atoms with E-state index in [1.165, 1.54) is 18.4 Å². The van der Waals surface area contributed by atoms with Gasteiger partial charge in [-0.25, -0.2) is 8.42 Å². The van der Waals surface area contributed by atoms with Crippen molar-refractivity contribution in [2.24, 2.45) is 0 Å². The first-order valence-electron chi connectivity index (χ1n) is 5.00. The second-order valence-electron chi connectivity index (χ2n) is 3.88. The lowest BCUT2D eigenvalue weighted by Crippen LogP contribution is -2.04. The van der Waals surface area contributed by atoms with Crippen LogP contribution in [0.1, 0.15) is 12.0 Å². The van der Waals surface area contributed by atoms with Gasteiger partial charge >= 0.3 is 0 Å². The predicted octanol–water partition coefficient (Wildman–Crippen LogP) is 1.15. The van der Waals surface area contributed by atoms with E-state index >= 15 is 0 Å². The van der Waals surface area contributed by atoms with Crippen LogP contribution >= 0.6 is 0 Å². The molecule has 2 N–H and O–H groups in total. The number of aryl methyl sites for hydroxylation is 1. The first-order valence-corrected chi connectivity index (χ1v) is 7.06. The van der Waals surface area contributed by atoms with Crippen molar-refractivity contribution in [3.63, 3.8) is 0 Å². The standard InChI is InChI=1S/C10H14N2O4S/c1-17(15,16)6-2-3-8-4-5-9(11)10(7-8)12(13)14/h4-5,7H,2-3,6,11H2,1H3. The number of anilines is 1. The van der Waals surface area contributed by atoms with Crippen molar-refractivity contribution in [3.05, 3.63) is 33.9 Å². The molecular weight excluding hydrogens is 244 g/mol. The Morgan fingerprint density at radius 3 is 2.59 bits per heavy atom. The first kappa shape index (κ1) is 13.4. The summed E-state index contributed by atoms with van der Waals surface area (Å²) in [5, 5.41) is 10.6. The Morgan fingerprint density at radius 2 is 2.06 bits per heavy atom. The summed E-state index contributed by atoms with van der Waals surface area (Å²) in [6, 6.07) is 4.52. The summed E-state index contributed by atoms with van der Waals surface area (Å²) < 4.78 is 21.8. The quantitative estimate of drug-likeness (QED) is 0.485. The topological polar surface area (TPSA) is 103 Å². The van der Waals surface area contributed by atoms with Crippen LogP contribution in [0.15, 0.2) is 18.2 Å². The molecular formula is C10H14N2O4S. The molecule has 0 radical (unpaired) electrons. The zero-order valence-electron chi connectivity index (χ0n) is 9.42. The molecule has 0 aromatic heterocycles. The molecule has 0 unspecified atom stereocenters. The number of nitrogen functional groups attached to an aromatic ring is 1. The molecule has 0 heterocycles. The summed E-state index contributed by atoms with van der Waals surface area (Å²) in [5.74, 6) is 0.0746. The highest BCUT2D eigenvalue weighted by molar-refractivity contribution is 7.90. The lowest BCUT2D eigenvalue weighted by atomic mass is 10.1. The summed E-state index contributed by atoms with van der Waals surface area (Å²) >= 11 is 0. The van der Waals surface area contributed by atoms with E-state index in [1.54, 1.807) is 6.07 Å². The number of sulfone groups is 1. The van der Waals surface area contributed by atoms with Gasteiger partial charge in [-0.2, -0.15) is 0 Å². The Bertz CT molecular complexity index is 525. The van der Waals surface area contributed by atoms with Gasteiger partial charge in [0.05, 0.1) is 10.7 Å². The number of rotatable bonds is 5. The Labute approximate surface area is 99.5 Å². The number of benzene rings is 1. The molecule has 0 aliphatic rings. The van der Waals surface area contributed by atoms with Gasteiger partial charge in [-0.1, -0.05) is 6.07 Å². The Kier molecular flexibility index (Phi) is 4.06. The number of nitrogens with zero attached hydrogens (tertiary/aromatic N) is 1. The smallest absolute Gasteiger partial charge is 0.292 e. The number of hydrogen-bond donors (Lipinski definition) is 1. The van der Waals surface area contributed by atoms with Crippen LogP contribution in [0.25, 0.3) is 0 Å². The second-order valence-corrected chi connectivity index (χ2v) is 6.14. The summed E-state index contributed by atoms with van der Waals surface area (Å²) in [7, 11) is -2.99. The van der Waals surface area contributed by atoms with Gasteiger partial charge in [-0.05, 0) is 24.5 Å². The maximum Gasteiger partial charge on any atom is 0.292 e. The molecule has 0 amide bonds. The van der Waals surface area contributed by atoms with Gasteiger partial charge in [0, 0.05) is 12.3 Å². The van der Waals surface area contributed by atoms with E-state index in [-0.39, 0.29) is 17.1 Å². The van der Waals surface area contributed by atoms with Crippen molar-refractivity contribution in [2.45, 2.75) is 12.8 Å². The molecule has 0 saturated carbocycles. The van der Waals surface area contributed by atoms with E-state index in [0.29, 0.717) is 12.8 Å². The second kappa shape index (κ2) is 5.13. The molecule has 0 spiro atoms.